The Bertz CT molecular complexity index is 995. The fourth-order valence-electron chi connectivity index (χ4n) is 3.31. The highest BCUT2D eigenvalue weighted by Gasteiger charge is 2.28. The second-order valence-electron chi connectivity index (χ2n) is 7.81. The number of nitrogens with zero attached hydrogens (tertiary/aromatic N) is 5. The Labute approximate surface area is 164 Å². The van der Waals surface area contributed by atoms with Crippen LogP contribution in [0.25, 0.3) is 11.0 Å². The summed E-state index contributed by atoms with van der Waals surface area (Å²) >= 11 is 0. The van der Waals surface area contributed by atoms with Gasteiger partial charge in [-0.15, -0.1) is 5.92 Å². The Morgan fingerprint density at radius 2 is 1.93 bits per heavy atom. The van der Waals surface area contributed by atoms with Gasteiger partial charge in [-0.05, 0) is 33.8 Å². The molecule has 0 N–H and O–H groups in total. The number of aryl methyl sites for hydroxylation is 1. The highest BCUT2D eigenvalue weighted by atomic mass is 16.6. The van der Waals surface area contributed by atoms with Gasteiger partial charge in [0.2, 0.25) is 0 Å². The van der Waals surface area contributed by atoms with Crippen LogP contribution >= 0.6 is 0 Å². The minimum absolute atomic E-state index is 0.112. The summed E-state index contributed by atoms with van der Waals surface area (Å²) in [6, 6.07) is 1.84. The average molecular weight is 385 g/mol. The first-order valence-electron chi connectivity index (χ1n) is 9.39. The molecule has 0 atom stereocenters. The van der Waals surface area contributed by atoms with E-state index in [1.165, 1.54) is 0 Å². The summed E-state index contributed by atoms with van der Waals surface area (Å²) in [7, 11) is 1.75. The van der Waals surface area contributed by atoms with Crippen LogP contribution in [0, 0.1) is 11.8 Å². The number of hydrogen-bond acceptors (Lipinski definition) is 5. The predicted molar refractivity (Wildman–Crippen MR) is 108 cm³/mol. The van der Waals surface area contributed by atoms with E-state index in [1.807, 2.05) is 26.8 Å². The van der Waals surface area contributed by atoms with Crippen molar-refractivity contribution in [3.8, 4) is 11.8 Å². The maximum atomic E-state index is 12.6. The van der Waals surface area contributed by atoms with Crippen LogP contribution in [0.5, 0.6) is 0 Å². The first-order valence-corrected chi connectivity index (χ1v) is 9.39. The number of hydrogen-bond donors (Lipinski definition) is 0. The molecule has 0 aromatic carbocycles. The molecule has 0 bridgehead atoms. The Balaban J connectivity index is 1.87. The van der Waals surface area contributed by atoms with Crippen LogP contribution in [-0.2, 0) is 18.3 Å². The maximum Gasteiger partial charge on any atom is 0.410 e. The van der Waals surface area contributed by atoms with E-state index in [0.717, 1.165) is 16.9 Å². The summed E-state index contributed by atoms with van der Waals surface area (Å²) in [5.74, 6) is 6.56. The standard InChI is InChI=1S/C20H27N5O3/c1-6-7-10-25-16-15(22(5)18(25)26)8-9-21-17(16)23-11-13-24(14-12-23)19(27)28-20(2,3)4/h8-9H,10-14H2,1-5H3. The molecule has 1 fully saturated rings. The van der Waals surface area contributed by atoms with Crippen molar-refractivity contribution in [3.63, 3.8) is 0 Å². The number of fused-ring (bicyclic) bond motifs is 1. The first-order chi connectivity index (χ1) is 13.2. The average Bonchev–Trinajstić information content (AvgIpc) is 2.89. The molecule has 2 aromatic rings. The van der Waals surface area contributed by atoms with Crippen molar-refractivity contribution in [2.24, 2.45) is 7.05 Å². The van der Waals surface area contributed by atoms with Gasteiger partial charge in [0.1, 0.15) is 11.1 Å². The van der Waals surface area contributed by atoms with Gasteiger partial charge in [-0.25, -0.2) is 14.6 Å². The molecule has 8 heteroatoms. The molecular weight excluding hydrogens is 358 g/mol. The summed E-state index contributed by atoms with van der Waals surface area (Å²) in [5, 5.41) is 0. The lowest BCUT2D eigenvalue weighted by atomic mass is 10.2. The normalized spacial score (nSPS) is 14.8. The molecule has 1 aliphatic heterocycles. The van der Waals surface area contributed by atoms with Gasteiger partial charge in [0, 0.05) is 39.4 Å². The molecule has 0 unspecified atom stereocenters. The number of rotatable bonds is 2. The number of pyridine rings is 1. The van der Waals surface area contributed by atoms with Crippen molar-refractivity contribution in [1.82, 2.24) is 19.0 Å². The fraction of sp³-hybridized carbons (Fsp3) is 0.550. The van der Waals surface area contributed by atoms with E-state index in [0.29, 0.717) is 32.7 Å². The molecule has 1 amide bonds. The van der Waals surface area contributed by atoms with Crippen LogP contribution in [-0.4, -0.2) is 56.9 Å². The van der Waals surface area contributed by atoms with Crippen LogP contribution in [0.3, 0.4) is 0 Å². The lowest BCUT2D eigenvalue weighted by Crippen LogP contribution is -2.50. The third-order valence-corrected chi connectivity index (χ3v) is 4.68. The van der Waals surface area contributed by atoms with Gasteiger partial charge in [-0.1, -0.05) is 5.92 Å². The molecule has 1 aliphatic rings. The van der Waals surface area contributed by atoms with Gasteiger partial charge in [0.15, 0.2) is 5.82 Å². The van der Waals surface area contributed by atoms with E-state index in [2.05, 4.69) is 21.7 Å². The second kappa shape index (κ2) is 7.58. The van der Waals surface area contributed by atoms with E-state index in [-0.39, 0.29) is 11.8 Å². The molecule has 1 saturated heterocycles. The van der Waals surface area contributed by atoms with Gasteiger partial charge in [0.05, 0.1) is 12.1 Å². The van der Waals surface area contributed by atoms with Gasteiger partial charge >= 0.3 is 11.8 Å². The Hall–Kier alpha value is -2.95. The van der Waals surface area contributed by atoms with Crippen molar-refractivity contribution >= 4 is 22.9 Å². The molecule has 28 heavy (non-hydrogen) atoms. The minimum Gasteiger partial charge on any atom is -0.444 e. The quantitative estimate of drug-likeness (QED) is 0.738. The second-order valence-corrected chi connectivity index (χ2v) is 7.81. The zero-order valence-electron chi connectivity index (χ0n) is 17.2. The van der Waals surface area contributed by atoms with E-state index in [9.17, 15) is 9.59 Å². The van der Waals surface area contributed by atoms with Gasteiger partial charge in [0.25, 0.3) is 0 Å². The van der Waals surface area contributed by atoms with E-state index < -0.39 is 5.60 Å². The number of carbonyl (C=O) groups is 1. The van der Waals surface area contributed by atoms with Crippen molar-refractivity contribution in [3.05, 3.63) is 22.7 Å². The third-order valence-electron chi connectivity index (χ3n) is 4.68. The predicted octanol–water partition coefficient (Wildman–Crippen LogP) is 1.82. The summed E-state index contributed by atoms with van der Waals surface area (Å²) < 4.78 is 8.74. The summed E-state index contributed by atoms with van der Waals surface area (Å²) in [4.78, 5) is 33.3. The number of ether oxygens (including phenoxy) is 1. The molecule has 8 nitrogen and oxygen atoms in total. The number of imidazole rings is 1. The molecule has 0 saturated carbocycles. The van der Waals surface area contributed by atoms with Crippen LogP contribution in [0.4, 0.5) is 10.6 Å². The molecule has 0 spiro atoms. The zero-order valence-corrected chi connectivity index (χ0v) is 17.2. The maximum absolute atomic E-state index is 12.6. The van der Waals surface area contributed by atoms with Crippen molar-refractivity contribution in [1.29, 1.82) is 0 Å². The third kappa shape index (κ3) is 3.84. The Kier molecular flexibility index (Phi) is 5.36. The molecule has 0 radical (unpaired) electrons. The van der Waals surface area contributed by atoms with Crippen LogP contribution in [0.15, 0.2) is 17.1 Å². The smallest absolute Gasteiger partial charge is 0.410 e. The van der Waals surface area contributed by atoms with E-state index in [1.54, 1.807) is 34.2 Å². The summed E-state index contributed by atoms with van der Waals surface area (Å²) in [5.41, 5.74) is 0.979. The number of piperazine rings is 1. The highest BCUT2D eigenvalue weighted by Crippen LogP contribution is 2.25. The van der Waals surface area contributed by atoms with Crippen molar-refractivity contribution in [2.45, 2.75) is 39.8 Å². The fourth-order valence-corrected chi connectivity index (χ4v) is 3.31. The number of anilines is 1. The minimum atomic E-state index is -0.512. The Morgan fingerprint density at radius 1 is 1.25 bits per heavy atom. The SMILES string of the molecule is CC#CCn1c(=O)n(C)c2ccnc(N3CCN(C(=O)OC(C)(C)C)CC3)c21. The van der Waals surface area contributed by atoms with Crippen LogP contribution in [0.1, 0.15) is 27.7 Å². The largest absolute Gasteiger partial charge is 0.444 e. The van der Waals surface area contributed by atoms with E-state index in [4.69, 9.17) is 4.74 Å². The molecule has 3 rings (SSSR count). The summed E-state index contributed by atoms with van der Waals surface area (Å²) in [6.45, 7) is 9.98. The van der Waals surface area contributed by atoms with Gasteiger partial charge in [-0.2, -0.15) is 0 Å². The number of aromatic nitrogens is 3. The van der Waals surface area contributed by atoms with Crippen LogP contribution in [0.2, 0.25) is 0 Å². The molecule has 3 heterocycles. The van der Waals surface area contributed by atoms with Crippen LogP contribution < -0.4 is 10.6 Å². The molecule has 2 aromatic heterocycles. The van der Waals surface area contributed by atoms with Gasteiger partial charge < -0.3 is 14.5 Å². The van der Waals surface area contributed by atoms with Crippen molar-refractivity contribution in [2.75, 3.05) is 31.1 Å². The number of amides is 1. The number of carbonyl (C=O) groups excluding carboxylic acids is 1. The molecular formula is C20H27N5O3. The Morgan fingerprint density at radius 3 is 2.54 bits per heavy atom. The van der Waals surface area contributed by atoms with Crippen molar-refractivity contribution < 1.29 is 9.53 Å². The highest BCUT2D eigenvalue weighted by molar-refractivity contribution is 5.87. The van der Waals surface area contributed by atoms with E-state index >= 15 is 0 Å². The summed E-state index contributed by atoms with van der Waals surface area (Å²) in [6.07, 6.45) is 1.42. The zero-order chi connectivity index (χ0) is 20.5. The molecule has 0 aliphatic carbocycles. The first kappa shape index (κ1) is 19.8. The topological polar surface area (TPSA) is 72.6 Å². The lowest BCUT2D eigenvalue weighted by Gasteiger charge is -2.36. The molecule has 150 valence electrons. The monoisotopic (exact) mass is 385 g/mol. The lowest BCUT2D eigenvalue weighted by molar-refractivity contribution is 0.0240. The van der Waals surface area contributed by atoms with Gasteiger partial charge in [-0.3, -0.25) is 9.13 Å².